The van der Waals surface area contributed by atoms with Gasteiger partial charge in [-0.15, -0.1) is 0 Å². The first kappa shape index (κ1) is 18.6. The highest BCUT2D eigenvalue weighted by Crippen LogP contribution is 2.21. The molecule has 0 atom stereocenters. The Bertz CT molecular complexity index is 1080. The van der Waals surface area contributed by atoms with Crippen molar-refractivity contribution in [1.29, 1.82) is 0 Å². The van der Waals surface area contributed by atoms with Gasteiger partial charge in [-0.05, 0) is 35.0 Å². The Morgan fingerprint density at radius 3 is 2.44 bits per heavy atom. The number of hydrogen-bond acceptors (Lipinski definition) is 4. The fraction of sp³-hybridized carbons (Fsp3) is 0.111. The van der Waals surface area contributed by atoms with Crippen LogP contribution in [0.4, 0.5) is 0 Å². The van der Waals surface area contributed by atoms with Gasteiger partial charge in [0.15, 0.2) is 0 Å². The highest BCUT2D eigenvalue weighted by atomic mass is 32.2. The monoisotopic (exact) mass is 386 g/mol. The molecule has 0 unspecified atom stereocenters. The van der Waals surface area contributed by atoms with E-state index in [1.807, 2.05) is 24.3 Å². The molecule has 3 rings (SSSR count). The predicted molar refractivity (Wildman–Crippen MR) is 100 cm³/mol. The summed E-state index contributed by atoms with van der Waals surface area (Å²) in [6.45, 7) is -0.444. The zero-order valence-corrected chi connectivity index (χ0v) is 15.3. The lowest BCUT2D eigenvalue weighted by Crippen LogP contribution is -2.46. The van der Waals surface area contributed by atoms with Gasteiger partial charge in [-0.1, -0.05) is 30.3 Å². The summed E-state index contributed by atoms with van der Waals surface area (Å²) in [5.41, 5.74) is 4.68. The molecule has 0 aliphatic rings. The predicted octanol–water partition coefficient (Wildman–Crippen LogP) is 1.25. The summed E-state index contributed by atoms with van der Waals surface area (Å²) >= 11 is 0. The molecule has 8 nitrogen and oxygen atoms in total. The topological polar surface area (TPSA) is 111 Å². The Balaban J connectivity index is 1.65. The number of nitrogens with zero attached hydrogens (tertiary/aromatic N) is 1. The largest absolute Gasteiger partial charge is 0.357 e. The van der Waals surface area contributed by atoms with Crippen LogP contribution in [-0.2, 0) is 14.8 Å². The second kappa shape index (κ2) is 7.60. The van der Waals surface area contributed by atoms with E-state index in [0.717, 1.165) is 15.1 Å². The molecule has 9 heteroatoms. The fourth-order valence-corrected chi connectivity index (χ4v) is 3.66. The maximum absolute atomic E-state index is 12.7. The Morgan fingerprint density at radius 1 is 1.00 bits per heavy atom. The molecule has 27 heavy (non-hydrogen) atoms. The lowest BCUT2D eigenvalue weighted by atomic mass is 10.1. The van der Waals surface area contributed by atoms with Crippen molar-refractivity contribution in [3.8, 4) is 0 Å². The number of carbonyl (C=O) groups is 2. The summed E-state index contributed by atoms with van der Waals surface area (Å²) in [5.74, 6) is -1.20. The van der Waals surface area contributed by atoms with E-state index in [1.165, 1.54) is 19.2 Å². The van der Waals surface area contributed by atoms with Crippen molar-refractivity contribution < 1.29 is 18.0 Å². The number of fused-ring (bicyclic) bond motifs is 1. The van der Waals surface area contributed by atoms with Crippen LogP contribution in [0, 0.1) is 0 Å². The number of hydrazine groups is 1. The van der Waals surface area contributed by atoms with Gasteiger partial charge in [-0.25, -0.2) is 8.42 Å². The molecule has 2 aromatic carbocycles. The molecule has 0 aliphatic heterocycles. The third kappa shape index (κ3) is 4.15. The Kier molecular flexibility index (Phi) is 5.24. The molecule has 0 aliphatic carbocycles. The van der Waals surface area contributed by atoms with Crippen molar-refractivity contribution in [3.05, 3.63) is 66.5 Å². The molecule has 0 spiro atoms. The third-order valence-corrected chi connectivity index (χ3v) is 5.75. The average molecular weight is 386 g/mol. The molecule has 0 saturated heterocycles. The third-order valence-electron chi connectivity index (χ3n) is 3.95. The number of carbonyl (C=O) groups excluding carboxylic acids is 2. The molecular weight excluding hydrogens is 368 g/mol. The van der Waals surface area contributed by atoms with Gasteiger partial charge >= 0.3 is 0 Å². The zero-order valence-electron chi connectivity index (χ0n) is 14.5. The number of benzene rings is 2. The number of rotatable bonds is 5. The molecule has 140 valence electrons. The molecule has 1 heterocycles. The number of aromatic nitrogens is 1. The van der Waals surface area contributed by atoms with Crippen LogP contribution in [-0.4, -0.2) is 43.1 Å². The van der Waals surface area contributed by atoms with Crippen molar-refractivity contribution >= 4 is 32.6 Å². The molecule has 1 aromatic heterocycles. The number of nitrogens with one attached hydrogen (secondary N) is 3. The number of hydrogen-bond donors (Lipinski definition) is 3. The number of H-pyrrole nitrogens is 1. The van der Waals surface area contributed by atoms with Gasteiger partial charge in [0.2, 0.25) is 10.0 Å². The first-order chi connectivity index (χ1) is 12.9. The van der Waals surface area contributed by atoms with Crippen LogP contribution < -0.4 is 10.9 Å². The van der Waals surface area contributed by atoms with E-state index in [2.05, 4.69) is 15.8 Å². The van der Waals surface area contributed by atoms with Gasteiger partial charge < -0.3 is 4.98 Å². The van der Waals surface area contributed by atoms with Gasteiger partial charge in [-0.2, -0.15) is 4.31 Å². The van der Waals surface area contributed by atoms with Gasteiger partial charge in [-0.3, -0.25) is 20.4 Å². The highest BCUT2D eigenvalue weighted by molar-refractivity contribution is 7.89. The van der Waals surface area contributed by atoms with Gasteiger partial charge in [0, 0.05) is 13.2 Å². The van der Waals surface area contributed by atoms with Gasteiger partial charge in [0.25, 0.3) is 11.8 Å². The normalized spacial score (nSPS) is 11.5. The quantitative estimate of drug-likeness (QED) is 0.573. The first-order valence-electron chi connectivity index (χ1n) is 8.05. The zero-order chi connectivity index (χ0) is 19.4. The van der Waals surface area contributed by atoms with E-state index in [-0.39, 0.29) is 10.6 Å². The minimum Gasteiger partial charge on any atom is -0.357 e. The Labute approximate surface area is 156 Å². The summed E-state index contributed by atoms with van der Waals surface area (Å²) in [4.78, 5) is 26.5. The SMILES string of the molecule is CN(CC(=O)NNC(=O)c1ccc[nH]1)S(=O)(=O)c1ccc2ccccc2c1. The smallest absolute Gasteiger partial charge is 0.286 e. The van der Waals surface area contributed by atoms with Crippen molar-refractivity contribution in [2.24, 2.45) is 0 Å². The van der Waals surface area contributed by atoms with Crippen molar-refractivity contribution in [3.63, 3.8) is 0 Å². The van der Waals surface area contributed by atoms with Crippen LogP contribution >= 0.6 is 0 Å². The lowest BCUT2D eigenvalue weighted by molar-refractivity contribution is -0.121. The molecule has 0 fully saturated rings. The highest BCUT2D eigenvalue weighted by Gasteiger charge is 2.23. The second-order valence-electron chi connectivity index (χ2n) is 5.86. The van der Waals surface area contributed by atoms with E-state index < -0.39 is 28.4 Å². The van der Waals surface area contributed by atoms with Crippen LogP contribution in [0.15, 0.2) is 65.7 Å². The Hall–Kier alpha value is -3.17. The van der Waals surface area contributed by atoms with Crippen molar-refractivity contribution in [1.82, 2.24) is 20.1 Å². The van der Waals surface area contributed by atoms with E-state index in [9.17, 15) is 18.0 Å². The first-order valence-corrected chi connectivity index (χ1v) is 9.49. The van der Waals surface area contributed by atoms with Crippen molar-refractivity contribution in [2.75, 3.05) is 13.6 Å². The van der Waals surface area contributed by atoms with E-state index in [1.54, 1.807) is 24.4 Å². The van der Waals surface area contributed by atoms with Gasteiger partial charge in [0.1, 0.15) is 5.69 Å². The summed E-state index contributed by atoms with van der Waals surface area (Å²) in [6.07, 6.45) is 1.57. The summed E-state index contributed by atoms with van der Waals surface area (Å²) < 4.78 is 26.3. The van der Waals surface area contributed by atoms with Crippen LogP contribution in [0.2, 0.25) is 0 Å². The summed E-state index contributed by atoms with van der Waals surface area (Å²) in [6, 6.07) is 15.3. The van der Waals surface area contributed by atoms with Crippen LogP contribution in [0.1, 0.15) is 10.5 Å². The molecule has 0 bridgehead atoms. The number of amides is 2. The lowest BCUT2D eigenvalue weighted by Gasteiger charge is -2.17. The van der Waals surface area contributed by atoms with E-state index in [0.29, 0.717) is 0 Å². The molecule has 2 amide bonds. The van der Waals surface area contributed by atoms with Crippen LogP contribution in [0.5, 0.6) is 0 Å². The summed E-state index contributed by atoms with van der Waals surface area (Å²) in [5, 5.41) is 1.71. The van der Waals surface area contributed by atoms with Crippen molar-refractivity contribution in [2.45, 2.75) is 4.90 Å². The Morgan fingerprint density at radius 2 is 1.74 bits per heavy atom. The molecular formula is C18H18N4O4S. The van der Waals surface area contributed by atoms with E-state index >= 15 is 0 Å². The molecule has 3 aromatic rings. The maximum atomic E-state index is 12.7. The maximum Gasteiger partial charge on any atom is 0.286 e. The number of likely N-dealkylation sites (N-methyl/N-ethyl adjacent to an activating group) is 1. The summed E-state index contributed by atoms with van der Waals surface area (Å²) in [7, 11) is -2.55. The molecule has 0 saturated carbocycles. The molecule has 0 radical (unpaired) electrons. The van der Waals surface area contributed by atoms with Gasteiger partial charge in [0.05, 0.1) is 11.4 Å². The van der Waals surface area contributed by atoms with E-state index in [4.69, 9.17) is 0 Å². The standard InChI is InChI=1S/C18H18N4O4S/c1-22(12-17(23)20-21-18(24)16-7-4-10-19-16)27(25,26)15-9-8-13-5-2-3-6-14(13)11-15/h2-11,19H,12H2,1H3,(H,20,23)(H,21,24). The molecule has 3 N–H and O–H groups in total. The minimum atomic E-state index is -3.85. The number of aromatic amines is 1. The average Bonchev–Trinajstić information content (AvgIpc) is 3.20. The minimum absolute atomic E-state index is 0.0897. The fourth-order valence-electron chi connectivity index (χ4n) is 2.50. The second-order valence-corrected chi connectivity index (χ2v) is 7.90. The van der Waals surface area contributed by atoms with Crippen LogP contribution in [0.25, 0.3) is 10.8 Å². The van der Waals surface area contributed by atoms with Crippen LogP contribution in [0.3, 0.4) is 0 Å². The number of sulfonamides is 1.